The van der Waals surface area contributed by atoms with Crippen LogP contribution in [0.25, 0.3) is 0 Å². The summed E-state index contributed by atoms with van der Waals surface area (Å²) in [4.78, 5) is 39.9. The summed E-state index contributed by atoms with van der Waals surface area (Å²) in [6.07, 6.45) is 0.918. The summed E-state index contributed by atoms with van der Waals surface area (Å²) in [6.45, 7) is 6.07. The SMILES string of the molecule is CCc1ccc(NC(=O)C(=O)NCC[NH+]2CCN(C(=O)c3ccc(OC)cc3)CC2)cc1. The van der Waals surface area contributed by atoms with Gasteiger partial charge in [-0.25, -0.2) is 0 Å². The highest BCUT2D eigenvalue weighted by atomic mass is 16.5. The lowest BCUT2D eigenvalue weighted by atomic mass is 10.1. The van der Waals surface area contributed by atoms with Gasteiger partial charge in [-0.1, -0.05) is 19.1 Å². The van der Waals surface area contributed by atoms with E-state index in [1.165, 1.54) is 10.5 Å². The number of piperazine rings is 1. The van der Waals surface area contributed by atoms with Crippen LogP contribution in [0.2, 0.25) is 0 Å². The van der Waals surface area contributed by atoms with Gasteiger partial charge in [-0.15, -0.1) is 0 Å². The first kappa shape index (κ1) is 23.3. The van der Waals surface area contributed by atoms with Crippen LogP contribution in [0.5, 0.6) is 5.75 Å². The molecule has 0 saturated carbocycles. The lowest BCUT2D eigenvalue weighted by molar-refractivity contribution is -0.902. The van der Waals surface area contributed by atoms with Crippen molar-refractivity contribution in [2.24, 2.45) is 0 Å². The molecule has 8 heteroatoms. The summed E-state index contributed by atoms with van der Waals surface area (Å²) in [5, 5.41) is 5.29. The largest absolute Gasteiger partial charge is 0.497 e. The maximum Gasteiger partial charge on any atom is 0.313 e. The van der Waals surface area contributed by atoms with Crippen molar-refractivity contribution in [3.63, 3.8) is 0 Å². The number of hydrogen-bond donors (Lipinski definition) is 3. The monoisotopic (exact) mass is 439 g/mol. The molecular formula is C24H31N4O4+. The molecule has 1 saturated heterocycles. The van der Waals surface area contributed by atoms with E-state index in [0.717, 1.165) is 25.3 Å². The second-order valence-electron chi connectivity index (χ2n) is 7.78. The standard InChI is InChI=1S/C24H30N4O4/c1-3-18-4-8-20(9-5-18)26-23(30)22(29)25-12-13-27-14-16-28(17-15-27)24(31)19-6-10-21(32-2)11-7-19/h4-11H,3,12-17H2,1-2H3,(H,25,29)(H,26,30)/p+1. The number of nitrogens with one attached hydrogen (secondary N) is 3. The van der Waals surface area contributed by atoms with Gasteiger partial charge in [-0.05, 0) is 48.4 Å². The molecule has 0 radical (unpaired) electrons. The molecule has 0 unspecified atom stereocenters. The van der Waals surface area contributed by atoms with Crippen molar-refractivity contribution in [3.8, 4) is 5.75 Å². The maximum absolute atomic E-state index is 12.6. The van der Waals surface area contributed by atoms with Gasteiger partial charge in [0.05, 0.1) is 46.4 Å². The van der Waals surface area contributed by atoms with Crippen molar-refractivity contribution in [2.75, 3.05) is 51.7 Å². The Morgan fingerprint density at radius 3 is 2.22 bits per heavy atom. The Balaban J connectivity index is 1.36. The fourth-order valence-corrected chi connectivity index (χ4v) is 3.64. The number of nitrogens with zero attached hydrogens (tertiary/aromatic N) is 1. The molecule has 3 N–H and O–H groups in total. The van der Waals surface area contributed by atoms with E-state index in [1.807, 2.05) is 17.0 Å². The molecule has 2 aromatic carbocycles. The fourth-order valence-electron chi connectivity index (χ4n) is 3.64. The van der Waals surface area contributed by atoms with E-state index in [-0.39, 0.29) is 5.91 Å². The smallest absolute Gasteiger partial charge is 0.313 e. The van der Waals surface area contributed by atoms with Crippen LogP contribution in [-0.2, 0) is 16.0 Å². The van der Waals surface area contributed by atoms with Gasteiger partial charge in [0.2, 0.25) is 0 Å². The predicted molar refractivity (Wildman–Crippen MR) is 122 cm³/mol. The normalized spacial score (nSPS) is 14.0. The first-order valence-electron chi connectivity index (χ1n) is 10.9. The van der Waals surface area contributed by atoms with Crippen molar-refractivity contribution in [3.05, 3.63) is 59.7 Å². The number of quaternary nitrogens is 1. The van der Waals surface area contributed by atoms with Crippen LogP contribution in [-0.4, -0.2) is 69.0 Å². The first-order valence-corrected chi connectivity index (χ1v) is 10.9. The zero-order valence-electron chi connectivity index (χ0n) is 18.6. The van der Waals surface area contributed by atoms with E-state index >= 15 is 0 Å². The highest BCUT2D eigenvalue weighted by Crippen LogP contribution is 2.13. The second-order valence-corrected chi connectivity index (χ2v) is 7.78. The minimum absolute atomic E-state index is 0.0173. The quantitative estimate of drug-likeness (QED) is 0.543. The number of carbonyl (C=O) groups excluding carboxylic acids is 3. The maximum atomic E-state index is 12.6. The fraction of sp³-hybridized carbons (Fsp3) is 0.375. The van der Waals surface area contributed by atoms with Gasteiger partial charge < -0.3 is 25.2 Å². The molecular weight excluding hydrogens is 408 g/mol. The highest BCUT2D eigenvalue weighted by Gasteiger charge is 2.24. The number of ether oxygens (including phenoxy) is 1. The van der Waals surface area contributed by atoms with Crippen molar-refractivity contribution < 1.29 is 24.0 Å². The summed E-state index contributed by atoms with van der Waals surface area (Å²) in [5.74, 6) is -0.568. The van der Waals surface area contributed by atoms with Gasteiger partial charge >= 0.3 is 11.8 Å². The second kappa shape index (κ2) is 11.3. The Morgan fingerprint density at radius 1 is 0.969 bits per heavy atom. The van der Waals surface area contributed by atoms with Gasteiger partial charge in [0.25, 0.3) is 5.91 Å². The number of amides is 3. The molecule has 1 fully saturated rings. The van der Waals surface area contributed by atoms with Crippen molar-refractivity contribution in [1.82, 2.24) is 10.2 Å². The summed E-state index contributed by atoms with van der Waals surface area (Å²) in [7, 11) is 1.60. The predicted octanol–water partition coefficient (Wildman–Crippen LogP) is 0.353. The number of hydrogen-bond acceptors (Lipinski definition) is 4. The lowest BCUT2D eigenvalue weighted by Gasteiger charge is -2.32. The van der Waals surface area contributed by atoms with Crippen LogP contribution >= 0.6 is 0 Å². The average molecular weight is 440 g/mol. The van der Waals surface area contributed by atoms with E-state index in [1.54, 1.807) is 43.5 Å². The third-order valence-electron chi connectivity index (χ3n) is 5.69. The third-order valence-corrected chi connectivity index (χ3v) is 5.69. The number of carbonyl (C=O) groups is 3. The van der Waals surface area contributed by atoms with E-state index in [0.29, 0.717) is 37.4 Å². The topological polar surface area (TPSA) is 92.2 Å². The minimum atomic E-state index is -0.667. The molecule has 32 heavy (non-hydrogen) atoms. The average Bonchev–Trinajstić information content (AvgIpc) is 2.84. The van der Waals surface area contributed by atoms with Crippen LogP contribution in [0.1, 0.15) is 22.8 Å². The van der Waals surface area contributed by atoms with Gasteiger partial charge in [-0.3, -0.25) is 14.4 Å². The molecule has 1 aliphatic heterocycles. The molecule has 0 aliphatic carbocycles. The Labute approximate surface area is 188 Å². The van der Waals surface area contributed by atoms with Crippen molar-refractivity contribution in [1.29, 1.82) is 0 Å². The molecule has 3 rings (SSSR count). The number of methoxy groups -OCH3 is 1. The number of anilines is 1. The third kappa shape index (κ3) is 6.31. The molecule has 0 aromatic heterocycles. The van der Waals surface area contributed by atoms with E-state index in [4.69, 9.17) is 4.74 Å². The molecule has 8 nitrogen and oxygen atoms in total. The molecule has 0 bridgehead atoms. The molecule has 0 spiro atoms. The Hall–Kier alpha value is -3.39. The van der Waals surface area contributed by atoms with Crippen LogP contribution < -0.4 is 20.3 Å². The van der Waals surface area contributed by atoms with Crippen molar-refractivity contribution in [2.45, 2.75) is 13.3 Å². The van der Waals surface area contributed by atoms with Crippen molar-refractivity contribution >= 4 is 23.4 Å². The zero-order chi connectivity index (χ0) is 22.9. The molecule has 1 aliphatic rings. The summed E-state index contributed by atoms with van der Waals surface area (Å²) in [5.41, 5.74) is 2.42. The molecule has 2 aromatic rings. The zero-order valence-corrected chi connectivity index (χ0v) is 18.6. The molecule has 1 heterocycles. The highest BCUT2D eigenvalue weighted by molar-refractivity contribution is 6.39. The van der Waals surface area contributed by atoms with Crippen LogP contribution in [0.4, 0.5) is 5.69 Å². The number of rotatable bonds is 7. The van der Waals surface area contributed by atoms with Crippen LogP contribution in [0, 0.1) is 0 Å². The molecule has 3 amide bonds. The number of benzene rings is 2. The lowest BCUT2D eigenvalue weighted by Crippen LogP contribution is -3.15. The Kier molecular flexibility index (Phi) is 8.21. The molecule has 0 atom stereocenters. The van der Waals surface area contributed by atoms with Crippen LogP contribution in [0.3, 0.4) is 0 Å². The van der Waals surface area contributed by atoms with E-state index in [2.05, 4.69) is 17.6 Å². The van der Waals surface area contributed by atoms with Gasteiger partial charge in [0.15, 0.2) is 0 Å². The summed E-state index contributed by atoms with van der Waals surface area (Å²) in [6, 6.07) is 14.6. The summed E-state index contributed by atoms with van der Waals surface area (Å²) < 4.78 is 5.13. The Bertz CT molecular complexity index is 920. The van der Waals surface area contributed by atoms with Gasteiger partial charge in [0, 0.05) is 11.3 Å². The molecule has 170 valence electrons. The first-order chi connectivity index (χ1) is 15.5. The number of aryl methyl sites for hydroxylation is 1. The van der Waals surface area contributed by atoms with E-state index < -0.39 is 11.8 Å². The van der Waals surface area contributed by atoms with Gasteiger partial charge in [-0.2, -0.15) is 0 Å². The van der Waals surface area contributed by atoms with E-state index in [9.17, 15) is 14.4 Å². The Morgan fingerprint density at radius 2 is 1.62 bits per heavy atom. The van der Waals surface area contributed by atoms with Crippen LogP contribution in [0.15, 0.2) is 48.5 Å². The van der Waals surface area contributed by atoms with Gasteiger partial charge in [0.1, 0.15) is 5.75 Å². The minimum Gasteiger partial charge on any atom is -0.497 e. The summed E-state index contributed by atoms with van der Waals surface area (Å²) >= 11 is 0.